The average molecular weight is 407 g/mol. The number of imidazole rings is 1. The second-order valence-corrected chi connectivity index (χ2v) is 7.74. The molecule has 0 saturated carbocycles. The first-order valence-electron chi connectivity index (χ1n) is 9.83. The van der Waals surface area contributed by atoms with Crippen LogP contribution in [0.3, 0.4) is 0 Å². The molecule has 1 saturated heterocycles. The van der Waals surface area contributed by atoms with Crippen molar-refractivity contribution in [2.45, 2.75) is 19.4 Å². The predicted molar refractivity (Wildman–Crippen MR) is 111 cm³/mol. The van der Waals surface area contributed by atoms with Gasteiger partial charge in [-0.2, -0.15) is 0 Å². The Kier molecular flexibility index (Phi) is 4.32. The number of aromatic amines is 1. The number of fused-ring (bicyclic) bond motifs is 2. The third-order valence-corrected chi connectivity index (χ3v) is 5.66. The molecule has 4 N–H and O–H groups in total. The molecule has 9 heteroatoms. The first-order valence-corrected chi connectivity index (χ1v) is 9.83. The fourth-order valence-electron chi connectivity index (χ4n) is 4.20. The fourth-order valence-corrected chi connectivity index (χ4v) is 4.20. The summed E-state index contributed by atoms with van der Waals surface area (Å²) < 4.78 is 7.16. The van der Waals surface area contributed by atoms with Crippen molar-refractivity contribution >= 4 is 28.4 Å². The molecule has 154 valence electrons. The summed E-state index contributed by atoms with van der Waals surface area (Å²) in [4.78, 5) is 32.6. The van der Waals surface area contributed by atoms with Crippen LogP contribution in [0, 0.1) is 5.92 Å². The zero-order valence-electron chi connectivity index (χ0n) is 16.2. The molecule has 0 radical (unpaired) electrons. The Bertz CT molecular complexity index is 1320. The number of oxazole rings is 1. The van der Waals surface area contributed by atoms with E-state index >= 15 is 0 Å². The minimum Gasteiger partial charge on any atom is -0.481 e. The smallest absolute Gasteiger partial charge is 0.417 e. The number of nitrogens with two attached hydrogens (primary N) is 1. The second-order valence-electron chi connectivity index (χ2n) is 7.74. The van der Waals surface area contributed by atoms with E-state index in [-0.39, 0.29) is 5.92 Å². The lowest BCUT2D eigenvalue weighted by atomic mass is 9.98. The molecule has 0 bridgehead atoms. The number of nitrogens with one attached hydrogen (secondary N) is 1. The Labute approximate surface area is 170 Å². The molecule has 0 amide bonds. The normalized spacial score (nSPS) is 17.7. The van der Waals surface area contributed by atoms with Crippen LogP contribution in [0.1, 0.15) is 18.5 Å². The number of aliphatic carboxylic acids is 1. The summed E-state index contributed by atoms with van der Waals surface area (Å²) in [6.07, 6.45) is 3.36. The molecule has 1 fully saturated rings. The zero-order chi connectivity index (χ0) is 20.8. The highest BCUT2D eigenvalue weighted by Crippen LogP contribution is 2.30. The van der Waals surface area contributed by atoms with Gasteiger partial charge in [-0.05, 0) is 43.7 Å². The molecule has 1 aromatic carbocycles. The summed E-state index contributed by atoms with van der Waals surface area (Å²) in [7, 11) is 0. The summed E-state index contributed by atoms with van der Waals surface area (Å²) in [6.45, 7) is 1.86. The van der Waals surface area contributed by atoms with Gasteiger partial charge in [0.1, 0.15) is 5.65 Å². The Morgan fingerprint density at radius 3 is 3.03 bits per heavy atom. The first-order chi connectivity index (χ1) is 14.5. The van der Waals surface area contributed by atoms with E-state index in [4.69, 9.17) is 15.1 Å². The highest BCUT2D eigenvalue weighted by molar-refractivity contribution is 5.80. The number of benzene rings is 1. The molecule has 0 spiro atoms. The fraction of sp³-hybridized carbons (Fsp3) is 0.286. The van der Waals surface area contributed by atoms with Gasteiger partial charge in [0.05, 0.1) is 22.8 Å². The van der Waals surface area contributed by atoms with Crippen LogP contribution >= 0.6 is 0 Å². The summed E-state index contributed by atoms with van der Waals surface area (Å²) in [5, 5.41) is 9.43. The number of nitrogen functional groups attached to an aromatic ring is 1. The number of hydrogen-bond acceptors (Lipinski definition) is 6. The zero-order valence-corrected chi connectivity index (χ0v) is 16.2. The molecule has 1 aliphatic rings. The molecule has 1 atom stereocenters. The van der Waals surface area contributed by atoms with E-state index in [0.717, 1.165) is 35.6 Å². The van der Waals surface area contributed by atoms with Crippen LogP contribution < -0.4 is 11.5 Å². The molecule has 1 unspecified atom stereocenters. The van der Waals surface area contributed by atoms with E-state index in [0.29, 0.717) is 36.3 Å². The van der Waals surface area contributed by atoms with Crippen molar-refractivity contribution < 1.29 is 14.3 Å². The number of pyridine rings is 1. The lowest BCUT2D eigenvalue weighted by Gasteiger charge is -2.30. The molecule has 4 heterocycles. The number of likely N-dealkylation sites (tertiary alicyclic amines) is 1. The third-order valence-electron chi connectivity index (χ3n) is 5.66. The van der Waals surface area contributed by atoms with Gasteiger partial charge < -0.3 is 19.7 Å². The molecule has 3 aromatic heterocycles. The maximum Gasteiger partial charge on any atom is 0.417 e. The van der Waals surface area contributed by atoms with Gasteiger partial charge in [-0.25, -0.2) is 9.78 Å². The SMILES string of the molecule is Nc1ccc2nc(-c3ccc4[nH]c(=O)oc4c3)c(CN3CCCC(C(=O)O)C3)n2c1. The van der Waals surface area contributed by atoms with Crippen molar-refractivity contribution in [1.29, 1.82) is 0 Å². The maximum absolute atomic E-state index is 11.5. The second kappa shape index (κ2) is 7.03. The van der Waals surface area contributed by atoms with Gasteiger partial charge in [-0.3, -0.25) is 14.7 Å². The Morgan fingerprint density at radius 2 is 2.20 bits per heavy atom. The molecule has 9 nitrogen and oxygen atoms in total. The van der Waals surface area contributed by atoms with Crippen molar-refractivity contribution in [3.63, 3.8) is 0 Å². The first kappa shape index (κ1) is 18.4. The number of hydrogen-bond donors (Lipinski definition) is 3. The van der Waals surface area contributed by atoms with Crippen molar-refractivity contribution in [3.05, 3.63) is 52.8 Å². The number of anilines is 1. The van der Waals surface area contributed by atoms with E-state index in [2.05, 4.69) is 9.88 Å². The van der Waals surface area contributed by atoms with Crippen LogP contribution in [0.25, 0.3) is 28.0 Å². The van der Waals surface area contributed by atoms with Crippen molar-refractivity contribution in [2.75, 3.05) is 18.8 Å². The van der Waals surface area contributed by atoms with E-state index in [1.54, 1.807) is 18.2 Å². The lowest BCUT2D eigenvalue weighted by molar-refractivity contribution is -0.143. The van der Waals surface area contributed by atoms with Crippen LogP contribution in [0.15, 0.2) is 45.7 Å². The minimum absolute atomic E-state index is 0.364. The van der Waals surface area contributed by atoms with Gasteiger partial charge in [0.15, 0.2) is 5.58 Å². The number of aromatic nitrogens is 3. The topological polar surface area (TPSA) is 130 Å². The minimum atomic E-state index is -0.754. The Hall–Kier alpha value is -3.59. The summed E-state index contributed by atoms with van der Waals surface area (Å²) >= 11 is 0. The van der Waals surface area contributed by atoms with Gasteiger partial charge in [0.25, 0.3) is 0 Å². The van der Waals surface area contributed by atoms with Crippen LogP contribution in [-0.2, 0) is 11.3 Å². The summed E-state index contributed by atoms with van der Waals surface area (Å²) in [5.41, 5.74) is 10.9. The number of piperidine rings is 1. The number of carboxylic acids is 1. The maximum atomic E-state index is 11.5. The molecule has 30 heavy (non-hydrogen) atoms. The monoisotopic (exact) mass is 407 g/mol. The Morgan fingerprint density at radius 1 is 1.33 bits per heavy atom. The van der Waals surface area contributed by atoms with Crippen LogP contribution in [0.4, 0.5) is 5.69 Å². The van der Waals surface area contributed by atoms with Crippen LogP contribution in [0.2, 0.25) is 0 Å². The predicted octanol–water partition coefficient (Wildman–Crippen LogP) is 2.31. The van der Waals surface area contributed by atoms with E-state index in [1.165, 1.54) is 0 Å². The Balaban J connectivity index is 1.60. The standard InChI is InChI=1S/C21H21N5O4/c22-14-4-6-18-24-19(12-3-5-15-17(8-12)30-21(29)23-15)16(26(18)10-14)11-25-7-1-2-13(9-25)20(27)28/h3-6,8,10,13H,1-2,7,9,11,22H2,(H,23,29)(H,27,28). The number of rotatable bonds is 4. The average Bonchev–Trinajstić information content (AvgIpc) is 3.27. The largest absolute Gasteiger partial charge is 0.481 e. The van der Waals surface area contributed by atoms with Gasteiger partial charge in [0.2, 0.25) is 0 Å². The number of nitrogens with zero attached hydrogens (tertiary/aromatic N) is 3. The molecule has 1 aliphatic heterocycles. The van der Waals surface area contributed by atoms with Gasteiger partial charge >= 0.3 is 11.7 Å². The van der Waals surface area contributed by atoms with Gasteiger partial charge in [0, 0.05) is 30.5 Å². The van der Waals surface area contributed by atoms with Crippen molar-refractivity contribution in [1.82, 2.24) is 19.3 Å². The van der Waals surface area contributed by atoms with Crippen molar-refractivity contribution in [2.24, 2.45) is 5.92 Å². The number of carbonyl (C=O) groups is 1. The van der Waals surface area contributed by atoms with E-state index < -0.39 is 11.7 Å². The summed E-state index contributed by atoms with van der Waals surface area (Å²) in [5.74, 6) is -1.62. The van der Waals surface area contributed by atoms with Crippen LogP contribution in [-0.4, -0.2) is 43.4 Å². The third kappa shape index (κ3) is 3.22. The summed E-state index contributed by atoms with van der Waals surface area (Å²) in [6, 6.07) is 9.12. The number of carboxylic acid groups (broad SMARTS) is 1. The quantitative estimate of drug-likeness (QED) is 0.473. The molecule has 5 rings (SSSR count). The molecule has 0 aliphatic carbocycles. The van der Waals surface area contributed by atoms with Gasteiger partial charge in [-0.1, -0.05) is 6.07 Å². The van der Waals surface area contributed by atoms with Crippen molar-refractivity contribution in [3.8, 4) is 11.3 Å². The molecular weight excluding hydrogens is 386 g/mol. The van der Waals surface area contributed by atoms with E-state index in [1.807, 2.05) is 22.7 Å². The van der Waals surface area contributed by atoms with E-state index in [9.17, 15) is 14.7 Å². The highest BCUT2D eigenvalue weighted by Gasteiger charge is 2.27. The highest BCUT2D eigenvalue weighted by atomic mass is 16.4. The van der Waals surface area contributed by atoms with Gasteiger partial charge in [-0.15, -0.1) is 0 Å². The molecule has 4 aromatic rings. The lowest BCUT2D eigenvalue weighted by Crippen LogP contribution is -2.38. The number of H-pyrrole nitrogens is 1. The molecular formula is C21H21N5O4. The van der Waals surface area contributed by atoms with Crippen LogP contribution in [0.5, 0.6) is 0 Å².